The first-order valence-electron chi connectivity index (χ1n) is 7.39. The minimum atomic E-state index is -0.840. The van der Waals surface area contributed by atoms with Crippen molar-refractivity contribution in [2.45, 2.75) is 38.6 Å². The highest BCUT2D eigenvalue weighted by Gasteiger charge is 2.27. The largest absolute Gasteiger partial charge is 0.475 e. The number of halogens is 1. The predicted molar refractivity (Wildman–Crippen MR) is 78.2 cm³/mol. The van der Waals surface area contributed by atoms with Crippen molar-refractivity contribution in [1.82, 2.24) is 4.90 Å². The third kappa shape index (κ3) is 3.52. The van der Waals surface area contributed by atoms with E-state index in [4.69, 9.17) is 4.74 Å². The van der Waals surface area contributed by atoms with Crippen molar-refractivity contribution in [3.05, 3.63) is 34.1 Å². The second-order valence-corrected chi connectivity index (χ2v) is 5.28. The number of nitrogens with zero attached hydrogens (tertiary/aromatic N) is 2. The summed E-state index contributed by atoms with van der Waals surface area (Å²) in [5.74, 6) is -1.58. The van der Waals surface area contributed by atoms with Crippen LogP contribution in [0.2, 0.25) is 0 Å². The first kappa shape index (κ1) is 16.2. The third-order valence-corrected chi connectivity index (χ3v) is 3.90. The maximum atomic E-state index is 13.7. The van der Waals surface area contributed by atoms with Gasteiger partial charge in [-0.2, -0.15) is 0 Å². The zero-order chi connectivity index (χ0) is 16.1. The van der Waals surface area contributed by atoms with Gasteiger partial charge in [0.05, 0.1) is 4.92 Å². The summed E-state index contributed by atoms with van der Waals surface area (Å²) < 4.78 is 18.8. The summed E-state index contributed by atoms with van der Waals surface area (Å²) in [6.07, 6.45) is 3.82. The van der Waals surface area contributed by atoms with Gasteiger partial charge in [-0.3, -0.25) is 14.9 Å². The van der Waals surface area contributed by atoms with Crippen LogP contribution >= 0.6 is 0 Å². The predicted octanol–water partition coefficient (Wildman–Crippen LogP) is 2.90. The van der Waals surface area contributed by atoms with E-state index in [9.17, 15) is 19.3 Å². The molecular formula is C15H19FN2O4. The van der Waals surface area contributed by atoms with Crippen LogP contribution in [0.25, 0.3) is 0 Å². The molecule has 1 saturated heterocycles. The van der Waals surface area contributed by atoms with Gasteiger partial charge in [-0.1, -0.05) is 13.0 Å². The molecule has 0 aliphatic carbocycles. The van der Waals surface area contributed by atoms with Crippen molar-refractivity contribution in [2.24, 2.45) is 0 Å². The lowest BCUT2D eigenvalue weighted by molar-refractivity contribution is -0.386. The number of likely N-dealkylation sites (tertiary alicyclic amines) is 1. The Balaban J connectivity index is 2.06. The number of amides is 1. The van der Waals surface area contributed by atoms with Crippen LogP contribution in [0.5, 0.6) is 5.75 Å². The number of nitro benzene ring substituents is 1. The Kier molecular flexibility index (Phi) is 5.30. The molecule has 7 heteroatoms. The summed E-state index contributed by atoms with van der Waals surface area (Å²) in [5.41, 5.74) is -0.474. The molecule has 0 aromatic heterocycles. The molecule has 0 spiro atoms. The summed E-state index contributed by atoms with van der Waals surface area (Å²) in [5, 5.41) is 10.9. The minimum absolute atomic E-state index is 0.167. The molecule has 0 radical (unpaired) electrons. The maximum absolute atomic E-state index is 13.7. The number of benzene rings is 1. The first-order chi connectivity index (χ1) is 10.5. The van der Waals surface area contributed by atoms with Crippen LogP contribution in [0.15, 0.2) is 18.2 Å². The van der Waals surface area contributed by atoms with Crippen molar-refractivity contribution in [3.8, 4) is 5.75 Å². The number of rotatable bonds is 5. The van der Waals surface area contributed by atoms with Crippen molar-refractivity contribution in [3.63, 3.8) is 0 Å². The van der Waals surface area contributed by atoms with E-state index < -0.39 is 28.8 Å². The minimum Gasteiger partial charge on any atom is -0.475 e. The number of hydrogen-bond donors (Lipinski definition) is 0. The van der Waals surface area contributed by atoms with E-state index in [2.05, 4.69) is 0 Å². The maximum Gasteiger partial charge on any atom is 0.314 e. The van der Waals surface area contributed by atoms with E-state index in [-0.39, 0.29) is 11.9 Å². The molecule has 0 bridgehead atoms. The molecule has 1 aromatic carbocycles. The fourth-order valence-electron chi connectivity index (χ4n) is 2.75. The van der Waals surface area contributed by atoms with E-state index in [1.54, 1.807) is 4.90 Å². The summed E-state index contributed by atoms with van der Waals surface area (Å²) >= 11 is 0. The summed E-state index contributed by atoms with van der Waals surface area (Å²) in [6.45, 7) is 2.27. The van der Waals surface area contributed by atoms with Gasteiger partial charge in [0.1, 0.15) is 0 Å². The normalized spacial score (nSPS) is 18.1. The van der Waals surface area contributed by atoms with Crippen LogP contribution in [0.3, 0.4) is 0 Å². The van der Waals surface area contributed by atoms with Gasteiger partial charge < -0.3 is 9.64 Å². The van der Waals surface area contributed by atoms with Gasteiger partial charge in [0.2, 0.25) is 5.75 Å². The monoisotopic (exact) mass is 310 g/mol. The molecule has 1 aliphatic heterocycles. The molecule has 0 unspecified atom stereocenters. The second kappa shape index (κ2) is 7.20. The Bertz CT molecular complexity index is 564. The van der Waals surface area contributed by atoms with Gasteiger partial charge in [-0.25, -0.2) is 4.39 Å². The zero-order valence-electron chi connectivity index (χ0n) is 12.5. The Morgan fingerprint density at radius 2 is 2.27 bits per heavy atom. The highest BCUT2D eigenvalue weighted by atomic mass is 19.1. The number of ether oxygens (including phenoxy) is 1. The van der Waals surface area contributed by atoms with E-state index in [1.165, 1.54) is 6.07 Å². The molecule has 0 N–H and O–H groups in total. The van der Waals surface area contributed by atoms with E-state index in [0.717, 1.165) is 37.8 Å². The lowest BCUT2D eigenvalue weighted by Crippen LogP contribution is -2.45. The molecule has 1 fully saturated rings. The average molecular weight is 310 g/mol. The molecule has 1 amide bonds. The van der Waals surface area contributed by atoms with Crippen LogP contribution < -0.4 is 4.74 Å². The van der Waals surface area contributed by atoms with Crippen molar-refractivity contribution >= 4 is 11.6 Å². The van der Waals surface area contributed by atoms with Gasteiger partial charge in [-0.05, 0) is 31.7 Å². The number of hydrogen-bond acceptors (Lipinski definition) is 4. The highest BCUT2D eigenvalue weighted by molar-refractivity contribution is 5.78. The number of carbonyl (C=O) groups is 1. The zero-order valence-corrected chi connectivity index (χ0v) is 12.5. The highest BCUT2D eigenvalue weighted by Crippen LogP contribution is 2.29. The van der Waals surface area contributed by atoms with Crippen LogP contribution in [-0.4, -0.2) is 34.9 Å². The smallest absolute Gasteiger partial charge is 0.314 e. The fraction of sp³-hybridized carbons (Fsp3) is 0.533. The topological polar surface area (TPSA) is 72.7 Å². The SMILES string of the molecule is CC[C@@H]1CCCCN1C(=O)COc1c(F)cccc1[N+](=O)[O-]. The number of carbonyl (C=O) groups excluding carboxylic acids is 1. The Labute approximate surface area is 128 Å². The molecule has 22 heavy (non-hydrogen) atoms. The molecule has 0 saturated carbocycles. The Hall–Kier alpha value is -2.18. The number of para-hydroxylation sites is 1. The lowest BCUT2D eigenvalue weighted by atomic mass is 10.00. The van der Waals surface area contributed by atoms with E-state index >= 15 is 0 Å². The molecule has 1 atom stereocenters. The van der Waals surface area contributed by atoms with Gasteiger partial charge >= 0.3 is 5.69 Å². The molecule has 1 aliphatic rings. The average Bonchev–Trinajstić information content (AvgIpc) is 2.53. The van der Waals surface area contributed by atoms with Gasteiger partial charge in [0, 0.05) is 18.7 Å². The summed E-state index contributed by atoms with van der Waals surface area (Å²) in [7, 11) is 0. The fourth-order valence-corrected chi connectivity index (χ4v) is 2.75. The van der Waals surface area contributed by atoms with Gasteiger partial charge in [0.15, 0.2) is 12.4 Å². The van der Waals surface area contributed by atoms with E-state index in [0.29, 0.717) is 6.54 Å². The number of nitro groups is 1. The number of piperidine rings is 1. The molecule has 1 aromatic rings. The van der Waals surface area contributed by atoms with Crippen molar-refractivity contribution in [1.29, 1.82) is 0 Å². The molecule has 1 heterocycles. The molecule has 120 valence electrons. The Morgan fingerprint density at radius 1 is 1.50 bits per heavy atom. The van der Waals surface area contributed by atoms with Crippen LogP contribution in [0.1, 0.15) is 32.6 Å². The van der Waals surface area contributed by atoms with Crippen molar-refractivity contribution < 1.29 is 18.8 Å². The molecule has 6 nitrogen and oxygen atoms in total. The summed E-state index contributed by atoms with van der Waals surface area (Å²) in [4.78, 5) is 24.1. The second-order valence-electron chi connectivity index (χ2n) is 5.28. The third-order valence-electron chi connectivity index (χ3n) is 3.90. The van der Waals surface area contributed by atoms with Crippen LogP contribution in [0.4, 0.5) is 10.1 Å². The van der Waals surface area contributed by atoms with Crippen molar-refractivity contribution in [2.75, 3.05) is 13.2 Å². The molecule has 2 rings (SSSR count). The summed E-state index contributed by atoms with van der Waals surface area (Å²) in [6, 6.07) is 3.63. The lowest BCUT2D eigenvalue weighted by Gasteiger charge is -2.35. The van der Waals surface area contributed by atoms with Gasteiger partial charge in [-0.15, -0.1) is 0 Å². The standard InChI is InChI=1S/C15H19FN2O4/c1-2-11-6-3-4-9-17(11)14(19)10-22-15-12(16)7-5-8-13(15)18(20)21/h5,7-8,11H,2-4,6,9-10H2,1H3/t11-/m1/s1. The van der Waals surface area contributed by atoms with E-state index in [1.807, 2.05) is 6.92 Å². The van der Waals surface area contributed by atoms with Crippen LogP contribution in [-0.2, 0) is 4.79 Å². The van der Waals surface area contributed by atoms with Gasteiger partial charge in [0.25, 0.3) is 5.91 Å². The Morgan fingerprint density at radius 3 is 2.95 bits per heavy atom. The van der Waals surface area contributed by atoms with Crippen LogP contribution in [0, 0.1) is 15.9 Å². The first-order valence-corrected chi connectivity index (χ1v) is 7.39. The quantitative estimate of drug-likeness (QED) is 0.619. The molecular weight excluding hydrogens is 291 g/mol.